The molecule has 0 radical (unpaired) electrons. The van der Waals surface area contributed by atoms with Crippen molar-refractivity contribution in [2.24, 2.45) is 0 Å². The Morgan fingerprint density at radius 3 is 2.60 bits per heavy atom. The first-order valence-corrected chi connectivity index (χ1v) is 10.2. The van der Waals surface area contributed by atoms with Crippen LogP contribution in [0.2, 0.25) is 0 Å². The smallest absolute Gasteiger partial charge is 0.251 e. The minimum absolute atomic E-state index is 0.000762. The summed E-state index contributed by atoms with van der Waals surface area (Å²) in [6.45, 7) is 0.755. The van der Waals surface area contributed by atoms with Crippen LogP contribution in [0.3, 0.4) is 0 Å². The molecular weight excluding hydrogens is 376 g/mol. The van der Waals surface area contributed by atoms with Crippen molar-refractivity contribution in [2.75, 3.05) is 20.8 Å². The molecule has 0 fully saturated rings. The fourth-order valence-corrected chi connectivity index (χ4v) is 4.66. The molecule has 5 heteroatoms. The molecule has 30 heavy (non-hydrogen) atoms. The predicted octanol–water partition coefficient (Wildman–Crippen LogP) is 3.99. The van der Waals surface area contributed by atoms with Crippen LogP contribution in [0.25, 0.3) is 5.70 Å². The normalized spacial score (nSPS) is 19.8. The molecule has 1 N–H and O–H groups in total. The van der Waals surface area contributed by atoms with Gasteiger partial charge < -0.3 is 19.7 Å². The van der Waals surface area contributed by atoms with Crippen LogP contribution in [0.4, 0.5) is 0 Å². The van der Waals surface area contributed by atoms with Gasteiger partial charge in [-0.15, -0.1) is 0 Å². The third kappa shape index (κ3) is 2.89. The molecule has 2 aromatic rings. The van der Waals surface area contributed by atoms with Gasteiger partial charge in [-0.3, -0.25) is 4.79 Å². The molecule has 3 aliphatic rings. The Hall–Kier alpha value is -3.47. The van der Waals surface area contributed by atoms with E-state index in [0.717, 1.165) is 53.2 Å². The number of amides is 1. The van der Waals surface area contributed by atoms with Crippen molar-refractivity contribution in [3.8, 4) is 11.5 Å². The van der Waals surface area contributed by atoms with Crippen molar-refractivity contribution in [1.82, 2.24) is 10.2 Å². The Balaban J connectivity index is 1.75. The second-order valence-electron chi connectivity index (χ2n) is 7.65. The van der Waals surface area contributed by atoms with E-state index in [4.69, 9.17) is 9.47 Å². The molecule has 0 aromatic heterocycles. The lowest BCUT2D eigenvalue weighted by molar-refractivity contribution is -0.124. The highest BCUT2D eigenvalue weighted by Gasteiger charge is 2.38. The number of hydrogen-bond donors (Lipinski definition) is 1. The number of rotatable bonds is 3. The third-order valence-electron chi connectivity index (χ3n) is 6.04. The number of carbonyl (C=O) groups excluding carboxylic acids is 1. The molecule has 1 aliphatic carbocycles. The van der Waals surface area contributed by atoms with Crippen LogP contribution in [-0.2, 0) is 11.2 Å². The highest BCUT2D eigenvalue weighted by atomic mass is 16.5. The zero-order chi connectivity index (χ0) is 20.7. The topological polar surface area (TPSA) is 50.8 Å². The number of hydrogen-bond acceptors (Lipinski definition) is 4. The van der Waals surface area contributed by atoms with Crippen molar-refractivity contribution in [3.63, 3.8) is 0 Å². The monoisotopic (exact) mass is 400 g/mol. The van der Waals surface area contributed by atoms with Crippen LogP contribution in [0.15, 0.2) is 72.0 Å². The van der Waals surface area contributed by atoms with Gasteiger partial charge in [0.25, 0.3) is 5.91 Å². The third-order valence-corrected chi connectivity index (χ3v) is 6.04. The van der Waals surface area contributed by atoms with Gasteiger partial charge in [-0.05, 0) is 42.2 Å². The van der Waals surface area contributed by atoms with Gasteiger partial charge in [0.15, 0.2) is 11.5 Å². The van der Waals surface area contributed by atoms with Crippen molar-refractivity contribution in [3.05, 3.63) is 88.7 Å². The average molecular weight is 400 g/mol. The van der Waals surface area contributed by atoms with Crippen LogP contribution in [-0.4, -0.2) is 31.6 Å². The number of ether oxygens (including phenoxy) is 2. The molecule has 1 amide bonds. The summed E-state index contributed by atoms with van der Waals surface area (Å²) in [4.78, 5) is 15.6. The minimum Gasteiger partial charge on any atom is -0.493 e. The number of allylic oxidation sites excluding steroid dienone is 4. The largest absolute Gasteiger partial charge is 0.493 e. The van der Waals surface area contributed by atoms with Gasteiger partial charge in [0.1, 0.15) is 6.04 Å². The van der Waals surface area contributed by atoms with Gasteiger partial charge in [-0.25, -0.2) is 0 Å². The van der Waals surface area contributed by atoms with Crippen molar-refractivity contribution in [1.29, 1.82) is 0 Å². The summed E-state index contributed by atoms with van der Waals surface area (Å²) in [5, 5.41) is 3.18. The quantitative estimate of drug-likeness (QED) is 0.847. The second kappa shape index (κ2) is 7.41. The summed E-state index contributed by atoms with van der Waals surface area (Å²) in [6.07, 6.45) is 7.73. The van der Waals surface area contributed by atoms with E-state index in [2.05, 4.69) is 28.4 Å². The van der Waals surface area contributed by atoms with Crippen molar-refractivity contribution in [2.45, 2.75) is 18.9 Å². The summed E-state index contributed by atoms with van der Waals surface area (Å²) in [6, 6.07) is 13.7. The molecule has 2 heterocycles. The standard InChI is InChI=1S/C25H24N2O3/c1-29-21-14-17-12-13-27-23(16-8-4-3-5-9-16)25(28)26-20-11-7-6-10-18(20)24(27)19(17)15-22(21)30-2/h3-9,11,14-15,23H,10,12-13H2,1-2H3,(H,26,28). The number of methoxy groups -OCH3 is 2. The van der Waals surface area contributed by atoms with Crippen LogP contribution in [0, 0.1) is 0 Å². The Morgan fingerprint density at radius 1 is 1.07 bits per heavy atom. The molecule has 0 spiro atoms. The maximum Gasteiger partial charge on any atom is 0.251 e. The van der Waals surface area contributed by atoms with Crippen LogP contribution in [0.5, 0.6) is 11.5 Å². The zero-order valence-electron chi connectivity index (χ0n) is 17.1. The van der Waals surface area contributed by atoms with Crippen molar-refractivity contribution >= 4 is 11.6 Å². The number of nitrogens with zero attached hydrogens (tertiary/aromatic N) is 1. The molecule has 0 saturated carbocycles. The maximum atomic E-state index is 13.4. The lowest BCUT2D eigenvalue weighted by Gasteiger charge is -2.38. The van der Waals surface area contributed by atoms with Gasteiger partial charge >= 0.3 is 0 Å². The Morgan fingerprint density at radius 2 is 1.83 bits per heavy atom. The molecule has 0 bridgehead atoms. The first kappa shape index (κ1) is 18.6. The summed E-state index contributed by atoms with van der Waals surface area (Å²) in [7, 11) is 3.32. The van der Waals surface area contributed by atoms with Gasteiger partial charge in [0.2, 0.25) is 0 Å². The van der Waals surface area contributed by atoms with E-state index in [-0.39, 0.29) is 11.9 Å². The van der Waals surface area contributed by atoms with E-state index < -0.39 is 0 Å². The van der Waals surface area contributed by atoms with E-state index in [9.17, 15) is 4.79 Å². The summed E-state index contributed by atoms with van der Waals surface area (Å²) >= 11 is 0. The summed E-state index contributed by atoms with van der Waals surface area (Å²) in [5.41, 5.74) is 6.42. The molecule has 0 saturated heterocycles. The Labute approximate surface area is 176 Å². The number of carbonyl (C=O) groups is 1. The van der Waals surface area contributed by atoms with Gasteiger partial charge in [-0.2, -0.15) is 0 Å². The predicted molar refractivity (Wildman–Crippen MR) is 116 cm³/mol. The molecule has 1 atom stereocenters. The minimum atomic E-state index is -0.388. The van der Waals surface area contributed by atoms with E-state index in [1.165, 1.54) is 5.56 Å². The van der Waals surface area contributed by atoms with E-state index in [0.29, 0.717) is 5.75 Å². The van der Waals surface area contributed by atoms with Gasteiger partial charge in [0, 0.05) is 23.4 Å². The molecular formula is C25H24N2O3. The SMILES string of the molecule is COc1cc2c(cc1OC)C1=C3CC=CC=C3NC(=O)C(c3ccccc3)N1CC2. The molecule has 5 rings (SSSR count). The molecule has 2 aromatic carbocycles. The summed E-state index contributed by atoms with van der Waals surface area (Å²) < 4.78 is 11.1. The van der Waals surface area contributed by atoms with E-state index in [1.807, 2.05) is 42.5 Å². The van der Waals surface area contributed by atoms with Crippen molar-refractivity contribution < 1.29 is 14.3 Å². The van der Waals surface area contributed by atoms with Gasteiger partial charge in [0.05, 0.1) is 19.9 Å². The number of nitrogens with one attached hydrogen (secondary N) is 1. The van der Waals surface area contributed by atoms with Gasteiger partial charge in [-0.1, -0.05) is 42.5 Å². The van der Waals surface area contributed by atoms with E-state index in [1.54, 1.807) is 14.2 Å². The zero-order valence-corrected chi connectivity index (χ0v) is 17.1. The first-order valence-electron chi connectivity index (χ1n) is 10.2. The first-order chi connectivity index (χ1) is 14.7. The van der Waals surface area contributed by atoms with E-state index >= 15 is 0 Å². The fraction of sp³-hybridized carbons (Fsp3) is 0.240. The second-order valence-corrected chi connectivity index (χ2v) is 7.65. The average Bonchev–Trinajstić information content (AvgIpc) is 2.92. The molecule has 2 aliphatic heterocycles. The summed E-state index contributed by atoms with van der Waals surface area (Å²) in [5.74, 6) is 1.43. The Bertz CT molecular complexity index is 1100. The number of fused-ring (bicyclic) bond motifs is 4. The fourth-order valence-electron chi connectivity index (χ4n) is 4.66. The Kier molecular flexibility index (Phi) is 4.58. The highest BCUT2D eigenvalue weighted by molar-refractivity contribution is 5.92. The molecule has 1 unspecified atom stereocenters. The molecule has 152 valence electrons. The molecule has 5 nitrogen and oxygen atoms in total. The highest BCUT2D eigenvalue weighted by Crippen LogP contribution is 2.45. The lowest BCUT2D eigenvalue weighted by Crippen LogP contribution is -2.39. The lowest BCUT2D eigenvalue weighted by atomic mass is 9.89. The maximum absolute atomic E-state index is 13.4. The number of benzene rings is 2. The van der Waals surface area contributed by atoms with Crippen LogP contribution < -0.4 is 14.8 Å². The van der Waals surface area contributed by atoms with Crippen LogP contribution in [0.1, 0.15) is 29.2 Å². The van der Waals surface area contributed by atoms with Crippen LogP contribution >= 0.6 is 0 Å².